The van der Waals surface area contributed by atoms with Gasteiger partial charge in [0.25, 0.3) is 0 Å². The van der Waals surface area contributed by atoms with Crippen LogP contribution < -0.4 is 0 Å². The van der Waals surface area contributed by atoms with E-state index in [0.717, 1.165) is 12.8 Å². The Morgan fingerprint density at radius 3 is 3.11 bits per heavy atom. The predicted molar refractivity (Wildman–Crippen MR) is 35.1 cm³/mol. The number of likely N-dealkylation sites (N-methyl/N-ethyl adjacent to an activating group) is 1. The molecule has 0 aromatic heterocycles. The van der Waals surface area contributed by atoms with Crippen LogP contribution in [0.1, 0.15) is 19.3 Å². The Morgan fingerprint density at radius 1 is 1.44 bits per heavy atom. The van der Waals surface area contributed by atoms with Gasteiger partial charge in [-0.3, -0.25) is 4.90 Å². The molecule has 1 saturated heterocycles. The lowest BCUT2D eigenvalue weighted by Gasteiger charge is -2.13. The van der Waals surface area contributed by atoms with Crippen LogP contribution in [0.5, 0.6) is 0 Å². The molecule has 2 heteroatoms. The number of fused-ring (bicyclic) bond motifs is 1. The highest BCUT2D eigenvalue weighted by molar-refractivity contribution is 4.87. The maximum atomic E-state index is 5.52. The molecule has 0 amide bonds. The van der Waals surface area contributed by atoms with Gasteiger partial charge in [-0.1, -0.05) is 0 Å². The fourth-order valence-electron chi connectivity index (χ4n) is 1.91. The summed E-state index contributed by atoms with van der Waals surface area (Å²) in [5.74, 6) is 0. The monoisotopic (exact) mass is 127 g/mol. The van der Waals surface area contributed by atoms with Crippen LogP contribution in [0.15, 0.2) is 0 Å². The lowest BCUT2D eigenvalue weighted by atomic mass is 10.2. The first kappa shape index (κ1) is 5.69. The van der Waals surface area contributed by atoms with E-state index in [-0.39, 0.29) is 0 Å². The maximum Gasteiger partial charge on any atom is 0.0995 e. The summed E-state index contributed by atoms with van der Waals surface area (Å²) >= 11 is 0. The van der Waals surface area contributed by atoms with Crippen molar-refractivity contribution in [1.29, 1.82) is 0 Å². The van der Waals surface area contributed by atoms with Crippen molar-refractivity contribution in [3.8, 4) is 0 Å². The van der Waals surface area contributed by atoms with Gasteiger partial charge >= 0.3 is 0 Å². The fourth-order valence-corrected chi connectivity index (χ4v) is 1.91. The molecular weight excluding hydrogens is 114 g/mol. The van der Waals surface area contributed by atoms with Crippen molar-refractivity contribution < 1.29 is 4.74 Å². The van der Waals surface area contributed by atoms with Gasteiger partial charge in [0.15, 0.2) is 0 Å². The highest BCUT2D eigenvalue weighted by atomic mass is 16.5. The smallest absolute Gasteiger partial charge is 0.0995 e. The quantitative estimate of drug-likeness (QED) is 0.478. The van der Waals surface area contributed by atoms with Gasteiger partial charge in [0.2, 0.25) is 0 Å². The number of hydrogen-bond donors (Lipinski definition) is 0. The van der Waals surface area contributed by atoms with Crippen molar-refractivity contribution in [2.24, 2.45) is 0 Å². The SMILES string of the molecule is CN1CO[C@H]2CCC[C@H]21. The largest absolute Gasteiger partial charge is 0.361 e. The van der Waals surface area contributed by atoms with Gasteiger partial charge in [0.1, 0.15) is 0 Å². The number of nitrogens with zero attached hydrogens (tertiary/aromatic N) is 1. The first-order valence-corrected chi connectivity index (χ1v) is 3.70. The van der Waals surface area contributed by atoms with Gasteiger partial charge in [-0.05, 0) is 26.3 Å². The molecule has 2 rings (SSSR count). The Morgan fingerprint density at radius 2 is 2.33 bits per heavy atom. The van der Waals surface area contributed by atoms with E-state index in [1.165, 1.54) is 19.3 Å². The molecule has 52 valence electrons. The average Bonchev–Trinajstić information content (AvgIpc) is 2.35. The summed E-state index contributed by atoms with van der Waals surface area (Å²) in [7, 11) is 2.15. The summed E-state index contributed by atoms with van der Waals surface area (Å²) in [6, 6.07) is 0.755. The molecule has 0 radical (unpaired) electrons. The van der Waals surface area contributed by atoms with E-state index >= 15 is 0 Å². The lowest BCUT2D eigenvalue weighted by Crippen LogP contribution is -2.27. The van der Waals surface area contributed by atoms with Crippen molar-refractivity contribution in [2.45, 2.75) is 31.4 Å². The molecule has 0 unspecified atom stereocenters. The Hall–Kier alpha value is -0.0800. The molecule has 1 aliphatic carbocycles. The van der Waals surface area contributed by atoms with Crippen LogP contribution in [-0.4, -0.2) is 30.8 Å². The number of rotatable bonds is 0. The van der Waals surface area contributed by atoms with E-state index in [0.29, 0.717) is 6.10 Å². The van der Waals surface area contributed by atoms with E-state index in [4.69, 9.17) is 4.74 Å². The topological polar surface area (TPSA) is 12.5 Å². The molecule has 2 fully saturated rings. The van der Waals surface area contributed by atoms with E-state index in [1.807, 2.05) is 0 Å². The van der Waals surface area contributed by atoms with Gasteiger partial charge in [0, 0.05) is 6.04 Å². The minimum atomic E-state index is 0.579. The molecular formula is C7H13NO. The Labute approximate surface area is 55.8 Å². The molecule has 2 nitrogen and oxygen atoms in total. The van der Waals surface area contributed by atoms with Crippen LogP contribution >= 0.6 is 0 Å². The third kappa shape index (κ3) is 0.775. The Balaban J connectivity index is 2.07. The molecule has 0 N–H and O–H groups in total. The van der Waals surface area contributed by atoms with Gasteiger partial charge in [0.05, 0.1) is 12.8 Å². The molecule has 1 aliphatic heterocycles. The van der Waals surface area contributed by atoms with Gasteiger partial charge in [-0.2, -0.15) is 0 Å². The molecule has 0 spiro atoms. The zero-order valence-electron chi connectivity index (χ0n) is 5.84. The van der Waals surface area contributed by atoms with E-state index in [9.17, 15) is 0 Å². The van der Waals surface area contributed by atoms with E-state index < -0.39 is 0 Å². The highest BCUT2D eigenvalue weighted by Gasteiger charge is 2.36. The van der Waals surface area contributed by atoms with Gasteiger partial charge in [-0.15, -0.1) is 0 Å². The molecule has 0 aromatic carbocycles. The van der Waals surface area contributed by atoms with E-state index in [2.05, 4.69) is 11.9 Å². The van der Waals surface area contributed by atoms with Crippen molar-refractivity contribution >= 4 is 0 Å². The van der Waals surface area contributed by atoms with Gasteiger partial charge < -0.3 is 4.74 Å². The number of hydrogen-bond acceptors (Lipinski definition) is 2. The first-order chi connectivity index (χ1) is 4.38. The second-order valence-corrected chi connectivity index (χ2v) is 3.09. The first-order valence-electron chi connectivity index (χ1n) is 3.70. The summed E-state index contributed by atoms with van der Waals surface area (Å²) in [5, 5.41) is 0. The fraction of sp³-hybridized carbons (Fsp3) is 1.00. The molecule has 1 saturated carbocycles. The van der Waals surface area contributed by atoms with Crippen LogP contribution in [-0.2, 0) is 4.74 Å². The van der Waals surface area contributed by atoms with Crippen molar-refractivity contribution in [1.82, 2.24) is 4.90 Å². The second-order valence-electron chi connectivity index (χ2n) is 3.09. The molecule has 2 atom stereocenters. The van der Waals surface area contributed by atoms with Crippen LogP contribution in [0, 0.1) is 0 Å². The predicted octanol–water partition coefficient (Wildman–Crippen LogP) is 0.827. The summed E-state index contributed by atoms with van der Waals surface area (Å²) in [6.07, 6.45) is 4.57. The summed E-state index contributed by atoms with van der Waals surface area (Å²) in [4.78, 5) is 2.32. The molecule has 2 aliphatic rings. The van der Waals surface area contributed by atoms with Crippen molar-refractivity contribution in [3.63, 3.8) is 0 Å². The summed E-state index contributed by atoms with van der Waals surface area (Å²) in [5.41, 5.74) is 0. The molecule has 1 heterocycles. The molecule has 0 aromatic rings. The summed E-state index contributed by atoms with van der Waals surface area (Å²) < 4.78 is 5.52. The minimum absolute atomic E-state index is 0.579. The molecule has 0 bridgehead atoms. The maximum absolute atomic E-state index is 5.52. The normalized spacial score (nSPS) is 43.7. The Kier molecular flexibility index (Phi) is 1.24. The second kappa shape index (κ2) is 1.96. The van der Waals surface area contributed by atoms with Crippen LogP contribution in [0.3, 0.4) is 0 Å². The van der Waals surface area contributed by atoms with Crippen LogP contribution in [0.2, 0.25) is 0 Å². The third-order valence-corrected chi connectivity index (χ3v) is 2.48. The zero-order valence-corrected chi connectivity index (χ0v) is 5.84. The standard InChI is InChI=1S/C7H13NO/c1-8-5-9-7-4-2-3-6(7)8/h6-7H,2-5H2,1H3/t6-,7+/m1/s1. The van der Waals surface area contributed by atoms with Crippen molar-refractivity contribution in [2.75, 3.05) is 13.8 Å². The van der Waals surface area contributed by atoms with Crippen molar-refractivity contribution in [3.05, 3.63) is 0 Å². The minimum Gasteiger partial charge on any atom is -0.361 e. The number of ether oxygens (including phenoxy) is 1. The van der Waals surface area contributed by atoms with Crippen LogP contribution in [0.4, 0.5) is 0 Å². The molecule has 9 heavy (non-hydrogen) atoms. The summed E-state index contributed by atoms with van der Waals surface area (Å²) in [6.45, 7) is 0.856. The lowest BCUT2D eigenvalue weighted by molar-refractivity contribution is 0.0927. The highest BCUT2D eigenvalue weighted by Crippen LogP contribution is 2.30. The van der Waals surface area contributed by atoms with Crippen LogP contribution in [0.25, 0.3) is 0 Å². The third-order valence-electron chi connectivity index (χ3n) is 2.48. The van der Waals surface area contributed by atoms with E-state index in [1.54, 1.807) is 0 Å². The average molecular weight is 127 g/mol. The Bertz CT molecular complexity index is 115. The van der Waals surface area contributed by atoms with Gasteiger partial charge in [-0.25, -0.2) is 0 Å². The zero-order chi connectivity index (χ0) is 6.27.